The van der Waals surface area contributed by atoms with Crippen LogP contribution in [0, 0.1) is 0 Å². The zero-order valence-electron chi connectivity index (χ0n) is 10.8. The molecule has 1 saturated heterocycles. The molecule has 2 atom stereocenters. The van der Waals surface area contributed by atoms with Gasteiger partial charge in [0.1, 0.15) is 5.60 Å². The lowest BCUT2D eigenvalue weighted by Crippen LogP contribution is -2.40. The second-order valence-corrected chi connectivity index (χ2v) is 5.56. The van der Waals surface area contributed by atoms with Crippen LogP contribution in [0.25, 0.3) is 5.65 Å². The van der Waals surface area contributed by atoms with Crippen molar-refractivity contribution in [1.29, 1.82) is 0 Å². The second-order valence-electron chi connectivity index (χ2n) is 5.17. The largest absolute Gasteiger partial charge is 0.469 e. The van der Waals surface area contributed by atoms with Crippen LogP contribution in [0.5, 0.6) is 0 Å². The zero-order valence-corrected chi connectivity index (χ0v) is 11.6. The van der Waals surface area contributed by atoms with Gasteiger partial charge in [0.25, 0.3) is 0 Å². The summed E-state index contributed by atoms with van der Waals surface area (Å²) in [6.07, 6.45) is 3.15. The lowest BCUT2D eigenvalue weighted by Gasteiger charge is -2.39. The van der Waals surface area contributed by atoms with E-state index in [-0.39, 0.29) is 11.9 Å². The van der Waals surface area contributed by atoms with Gasteiger partial charge in [0, 0.05) is 24.2 Å². The molecule has 6 nitrogen and oxygen atoms in total. The molecule has 0 aromatic carbocycles. The maximum atomic E-state index is 12.0. The third kappa shape index (κ3) is 1.40. The molecule has 0 bridgehead atoms. The van der Waals surface area contributed by atoms with Crippen molar-refractivity contribution in [2.75, 3.05) is 13.7 Å². The molecule has 2 aromatic heterocycles. The van der Waals surface area contributed by atoms with Gasteiger partial charge in [-0.3, -0.25) is 4.79 Å². The van der Waals surface area contributed by atoms with Crippen molar-refractivity contribution in [3.8, 4) is 0 Å². The number of hydrogen-bond donors (Lipinski definition) is 0. The predicted molar refractivity (Wildman–Crippen MR) is 69.6 cm³/mol. The van der Waals surface area contributed by atoms with Crippen LogP contribution in [0.2, 0.25) is 5.15 Å². The van der Waals surface area contributed by atoms with Crippen molar-refractivity contribution < 1.29 is 14.3 Å². The van der Waals surface area contributed by atoms with E-state index in [1.807, 2.05) is 0 Å². The molecule has 0 saturated carbocycles. The number of esters is 1. The molecule has 0 amide bonds. The van der Waals surface area contributed by atoms with Gasteiger partial charge in [0.2, 0.25) is 0 Å². The van der Waals surface area contributed by atoms with E-state index in [2.05, 4.69) is 10.1 Å². The molecule has 20 heavy (non-hydrogen) atoms. The van der Waals surface area contributed by atoms with Crippen LogP contribution in [-0.4, -0.2) is 34.3 Å². The number of aromatic nitrogens is 3. The molecule has 0 unspecified atom stereocenters. The molecule has 2 aliphatic rings. The van der Waals surface area contributed by atoms with E-state index < -0.39 is 5.60 Å². The van der Waals surface area contributed by atoms with Crippen LogP contribution >= 0.6 is 11.6 Å². The third-order valence-corrected chi connectivity index (χ3v) is 4.38. The molecule has 4 rings (SSSR count). The summed E-state index contributed by atoms with van der Waals surface area (Å²) in [5.41, 5.74) is 1.92. The number of nitrogens with zero attached hydrogens (tertiary/aromatic N) is 3. The number of carbonyl (C=O) groups excluding carboxylic acids is 1. The summed E-state index contributed by atoms with van der Waals surface area (Å²) < 4.78 is 12.4. The zero-order chi connectivity index (χ0) is 13.9. The Labute approximate surface area is 119 Å². The van der Waals surface area contributed by atoms with Gasteiger partial charge in [-0.05, 0) is 6.42 Å². The van der Waals surface area contributed by atoms with Gasteiger partial charge >= 0.3 is 5.97 Å². The summed E-state index contributed by atoms with van der Waals surface area (Å²) in [6.45, 7) is 0.687. The number of halogens is 1. The van der Waals surface area contributed by atoms with Crippen LogP contribution < -0.4 is 0 Å². The van der Waals surface area contributed by atoms with Crippen LogP contribution in [0.3, 0.4) is 0 Å². The lowest BCUT2D eigenvalue weighted by atomic mass is 9.90. The van der Waals surface area contributed by atoms with Crippen LogP contribution in [-0.2, 0) is 19.9 Å². The summed E-state index contributed by atoms with van der Waals surface area (Å²) >= 11 is 5.96. The molecule has 1 aliphatic heterocycles. The number of hydrogen-bond acceptors (Lipinski definition) is 5. The highest BCUT2D eigenvalue weighted by Crippen LogP contribution is 2.53. The van der Waals surface area contributed by atoms with Crippen molar-refractivity contribution in [2.24, 2.45) is 0 Å². The van der Waals surface area contributed by atoms with Crippen molar-refractivity contribution in [3.63, 3.8) is 0 Å². The normalized spacial score (nSPS) is 27.6. The van der Waals surface area contributed by atoms with E-state index in [0.29, 0.717) is 23.8 Å². The Balaban J connectivity index is 1.98. The summed E-state index contributed by atoms with van der Waals surface area (Å²) in [5, 5.41) is 4.65. The van der Waals surface area contributed by atoms with Gasteiger partial charge in [-0.1, -0.05) is 11.6 Å². The molecule has 1 fully saturated rings. The molecule has 0 radical (unpaired) electrons. The average Bonchev–Trinajstić information content (AvgIpc) is 2.93. The van der Waals surface area contributed by atoms with E-state index in [4.69, 9.17) is 21.1 Å². The summed E-state index contributed by atoms with van der Waals surface area (Å²) in [4.78, 5) is 16.3. The van der Waals surface area contributed by atoms with Crippen LogP contribution in [0.1, 0.15) is 30.0 Å². The smallest absolute Gasteiger partial charge is 0.313 e. The van der Waals surface area contributed by atoms with Gasteiger partial charge in [0.15, 0.2) is 10.8 Å². The Kier molecular flexibility index (Phi) is 2.38. The molecule has 1 aliphatic carbocycles. The third-order valence-electron chi connectivity index (χ3n) is 4.19. The average molecular weight is 294 g/mol. The number of rotatable bonds is 1. The SMILES string of the molecule is COC(=O)[C@H]1C[C@]2(CCO2)c2c1cnc1cc(Cl)nn21. The molecule has 104 valence electrons. The fourth-order valence-corrected chi connectivity index (χ4v) is 3.39. The highest BCUT2D eigenvalue weighted by Gasteiger charge is 2.54. The number of ether oxygens (including phenoxy) is 2. The minimum Gasteiger partial charge on any atom is -0.469 e. The van der Waals surface area contributed by atoms with Crippen molar-refractivity contribution in [2.45, 2.75) is 24.4 Å². The molecular weight excluding hydrogens is 282 g/mol. The lowest BCUT2D eigenvalue weighted by molar-refractivity contribution is -0.164. The monoisotopic (exact) mass is 293 g/mol. The van der Waals surface area contributed by atoms with E-state index in [1.54, 1.807) is 16.8 Å². The van der Waals surface area contributed by atoms with E-state index in [9.17, 15) is 4.79 Å². The highest BCUT2D eigenvalue weighted by atomic mass is 35.5. The first-order chi connectivity index (χ1) is 9.64. The summed E-state index contributed by atoms with van der Waals surface area (Å²) in [7, 11) is 1.39. The Morgan fingerprint density at radius 2 is 2.45 bits per heavy atom. The highest BCUT2D eigenvalue weighted by molar-refractivity contribution is 6.29. The maximum Gasteiger partial charge on any atom is 0.313 e. The summed E-state index contributed by atoms with van der Waals surface area (Å²) in [5.74, 6) is -0.617. The minimum absolute atomic E-state index is 0.266. The fraction of sp³-hybridized carbons (Fsp3) is 0.462. The Hall–Kier alpha value is -1.66. The van der Waals surface area contributed by atoms with Gasteiger partial charge in [-0.25, -0.2) is 9.50 Å². The van der Waals surface area contributed by atoms with E-state index in [1.165, 1.54) is 7.11 Å². The quantitative estimate of drug-likeness (QED) is 0.748. The molecule has 2 aromatic rings. The molecule has 1 spiro atoms. The Morgan fingerprint density at radius 1 is 1.65 bits per heavy atom. The van der Waals surface area contributed by atoms with Gasteiger partial charge in [0.05, 0.1) is 25.3 Å². The Morgan fingerprint density at radius 3 is 3.10 bits per heavy atom. The van der Waals surface area contributed by atoms with Crippen molar-refractivity contribution in [3.05, 3.63) is 28.7 Å². The van der Waals surface area contributed by atoms with Crippen LogP contribution in [0.4, 0.5) is 0 Å². The van der Waals surface area contributed by atoms with Gasteiger partial charge in [-0.2, -0.15) is 5.10 Å². The maximum absolute atomic E-state index is 12.0. The second kappa shape index (κ2) is 3.93. The van der Waals surface area contributed by atoms with Crippen molar-refractivity contribution in [1.82, 2.24) is 14.6 Å². The molecule has 3 heterocycles. The minimum atomic E-state index is -0.454. The fourth-order valence-electron chi connectivity index (χ4n) is 3.22. The summed E-state index contributed by atoms with van der Waals surface area (Å²) in [6, 6.07) is 1.69. The van der Waals surface area contributed by atoms with Gasteiger partial charge < -0.3 is 9.47 Å². The number of methoxy groups -OCH3 is 1. The standard InChI is InChI=1S/C13H12ClN3O3/c1-19-12(18)7-5-13(2-3-20-13)11-8(7)6-15-10-4-9(14)16-17(10)11/h4,6-7H,2-3,5H2,1H3/t7-,13+/m0/s1. The first-order valence-electron chi connectivity index (χ1n) is 6.41. The molecule has 7 heteroatoms. The van der Waals surface area contributed by atoms with Crippen LogP contribution in [0.15, 0.2) is 12.3 Å². The number of fused-ring (bicyclic) bond motifs is 4. The van der Waals surface area contributed by atoms with Gasteiger partial charge in [-0.15, -0.1) is 0 Å². The molecule has 0 N–H and O–H groups in total. The predicted octanol–water partition coefficient (Wildman–Crippen LogP) is 1.66. The first-order valence-corrected chi connectivity index (χ1v) is 6.79. The topological polar surface area (TPSA) is 65.7 Å². The van der Waals surface area contributed by atoms with E-state index >= 15 is 0 Å². The molecular formula is C13H12ClN3O3. The van der Waals surface area contributed by atoms with E-state index in [0.717, 1.165) is 17.7 Å². The first kappa shape index (κ1) is 12.1. The van der Waals surface area contributed by atoms with Crippen molar-refractivity contribution >= 4 is 23.2 Å². The Bertz CT molecular complexity index is 723. The number of carbonyl (C=O) groups is 1.